The molecule has 1 fully saturated rings. The Bertz CT molecular complexity index is 939. The fourth-order valence-corrected chi connectivity index (χ4v) is 3.97. The van der Waals surface area contributed by atoms with Gasteiger partial charge in [0.05, 0.1) is 0 Å². The molecule has 0 unspecified atom stereocenters. The lowest BCUT2D eigenvalue weighted by Gasteiger charge is -2.21. The van der Waals surface area contributed by atoms with Crippen molar-refractivity contribution in [3.63, 3.8) is 0 Å². The maximum absolute atomic E-state index is 12.3. The van der Waals surface area contributed by atoms with Gasteiger partial charge in [0.1, 0.15) is 0 Å². The molecule has 1 aliphatic carbocycles. The molecule has 1 amide bonds. The fourth-order valence-electron chi connectivity index (χ4n) is 3.97. The number of nitrogens with one attached hydrogen (secondary N) is 1. The van der Waals surface area contributed by atoms with E-state index in [0.717, 1.165) is 23.2 Å². The molecule has 0 saturated heterocycles. The zero-order valence-electron chi connectivity index (χ0n) is 16.6. The summed E-state index contributed by atoms with van der Waals surface area (Å²) in [7, 11) is 0. The number of hydrogen-bond donors (Lipinski definition) is 2. The van der Waals surface area contributed by atoms with Crippen LogP contribution in [0.3, 0.4) is 0 Å². The number of benzene rings is 2. The molecule has 0 bridgehead atoms. The summed E-state index contributed by atoms with van der Waals surface area (Å²) in [5, 5.41) is 6.82. The van der Waals surface area contributed by atoms with Gasteiger partial charge in [0.2, 0.25) is 0 Å². The minimum Gasteiger partial charge on any atom is -0.399 e. The van der Waals surface area contributed by atoms with Crippen molar-refractivity contribution in [3.05, 3.63) is 71.4 Å². The van der Waals surface area contributed by atoms with Crippen LogP contribution in [-0.4, -0.2) is 17.6 Å². The molecule has 0 spiro atoms. The van der Waals surface area contributed by atoms with Crippen LogP contribution in [0.1, 0.15) is 59.6 Å². The Hall–Kier alpha value is -3.08. The topological polar surface area (TPSA) is 81.1 Å². The van der Waals surface area contributed by atoms with Crippen LogP contribution in [-0.2, 0) is 6.42 Å². The number of nitrogens with zero attached hydrogens (tertiary/aromatic N) is 1. The Labute approximate surface area is 171 Å². The van der Waals surface area contributed by atoms with E-state index < -0.39 is 0 Å². The second-order valence-electron chi connectivity index (χ2n) is 7.78. The summed E-state index contributed by atoms with van der Waals surface area (Å²) in [6, 6.07) is 17.8. The lowest BCUT2D eigenvalue weighted by Crippen LogP contribution is -2.25. The van der Waals surface area contributed by atoms with Crippen LogP contribution >= 0.6 is 0 Å². The molecule has 0 aliphatic heterocycles. The maximum atomic E-state index is 12.3. The largest absolute Gasteiger partial charge is 0.399 e. The van der Waals surface area contributed by atoms with E-state index >= 15 is 0 Å². The molecule has 1 heterocycles. The van der Waals surface area contributed by atoms with E-state index in [0.29, 0.717) is 23.9 Å². The molecule has 3 aromatic rings. The number of nitrogens with two attached hydrogens (primary N) is 1. The monoisotopic (exact) mass is 389 g/mol. The number of anilines is 1. The van der Waals surface area contributed by atoms with Crippen molar-refractivity contribution < 1.29 is 9.32 Å². The molecule has 5 heteroatoms. The summed E-state index contributed by atoms with van der Waals surface area (Å²) in [6.45, 7) is 0.529. The maximum Gasteiger partial charge on any atom is 0.273 e. The summed E-state index contributed by atoms with van der Waals surface area (Å²) in [4.78, 5) is 12.3. The molecular formula is C24H27N3O2. The highest BCUT2D eigenvalue weighted by Crippen LogP contribution is 2.33. The first kappa shape index (κ1) is 19.2. The van der Waals surface area contributed by atoms with Crippen LogP contribution < -0.4 is 11.1 Å². The SMILES string of the molecule is Nc1ccc(CCNC(=O)c2cc(-c3ccc(C4CCCCC4)cc3)on2)cc1. The minimum absolute atomic E-state index is 0.228. The molecule has 5 nitrogen and oxygen atoms in total. The highest BCUT2D eigenvalue weighted by molar-refractivity contribution is 5.93. The minimum atomic E-state index is -0.228. The molecule has 2 aromatic carbocycles. The van der Waals surface area contributed by atoms with Crippen molar-refractivity contribution in [3.8, 4) is 11.3 Å². The van der Waals surface area contributed by atoms with Gasteiger partial charge in [-0.2, -0.15) is 0 Å². The average Bonchev–Trinajstić information content (AvgIpc) is 3.26. The van der Waals surface area contributed by atoms with Gasteiger partial charge in [0.15, 0.2) is 11.5 Å². The van der Waals surface area contributed by atoms with E-state index in [1.54, 1.807) is 6.07 Å². The molecule has 29 heavy (non-hydrogen) atoms. The third-order valence-corrected chi connectivity index (χ3v) is 5.69. The van der Waals surface area contributed by atoms with E-state index in [4.69, 9.17) is 10.3 Å². The predicted molar refractivity (Wildman–Crippen MR) is 115 cm³/mol. The van der Waals surface area contributed by atoms with Gasteiger partial charge >= 0.3 is 0 Å². The lowest BCUT2D eigenvalue weighted by molar-refractivity contribution is 0.0945. The van der Waals surface area contributed by atoms with Crippen LogP contribution in [0.4, 0.5) is 5.69 Å². The first-order valence-corrected chi connectivity index (χ1v) is 10.4. The van der Waals surface area contributed by atoms with Gasteiger partial charge in [-0.05, 0) is 48.4 Å². The first-order chi connectivity index (χ1) is 14.2. The van der Waals surface area contributed by atoms with E-state index in [9.17, 15) is 4.79 Å². The van der Waals surface area contributed by atoms with Crippen LogP contribution in [0, 0.1) is 0 Å². The molecule has 1 saturated carbocycles. The Kier molecular flexibility index (Phi) is 5.94. The van der Waals surface area contributed by atoms with Gasteiger partial charge in [-0.25, -0.2) is 0 Å². The zero-order chi connectivity index (χ0) is 20.1. The van der Waals surface area contributed by atoms with Gasteiger partial charge in [-0.15, -0.1) is 0 Å². The van der Waals surface area contributed by atoms with Crippen molar-refractivity contribution >= 4 is 11.6 Å². The molecule has 4 rings (SSSR count). The third-order valence-electron chi connectivity index (χ3n) is 5.69. The standard InChI is InChI=1S/C24H27N3O2/c25-21-12-6-17(7-13-21)14-15-26-24(28)22-16-23(29-27-22)20-10-8-19(9-11-20)18-4-2-1-3-5-18/h6-13,16,18H,1-5,14-15,25H2,(H,26,28). The van der Waals surface area contributed by atoms with Crippen molar-refractivity contribution in [1.82, 2.24) is 10.5 Å². The van der Waals surface area contributed by atoms with Crippen LogP contribution in [0.15, 0.2) is 59.1 Å². The van der Waals surface area contributed by atoms with Crippen LogP contribution in [0.2, 0.25) is 0 Å². The molecular weight excluding hydrogens is 362 g/mol. The van der Waals surface area contributed by atoms with E-state index in [-0.39, 0.29) is 5.91 Å². The number of carbonyl (C=O) groups is 1. The summed E-state index contributed by atoms with van der Waals surface area (Å²) in [5.41, 5.74) is 10.2. The first-order valence-electron chi connectivity index (χ1n) is 10.4. The molecule has 0 radical (unpaired) electrons. The van der Waals surface area contributed by atoms with Gasteiger partial charge in [0, 0.05) is 23.9 Å². The highest BCUT2D eigenvalue weighted by Gasteiger charge is 2.17. The van der Waals surface area contributed by atoms with Crippen molar-refractivity contribution in [1.29, 1.82) is 0 Å². The van der Waals surface area contributed by atoms with E-state index in [1.807, 2.05) is 24.3 Å². The third kappa shape index (κ3) is 4.86. The zero-order valence-corrected chi connectivity index (χ0v) is 16.6. The number of carbonyl (C=O) groups excluding carboxylic acids is 1. The summed E-state index contributed by atoms with van der Waals surface area (Å²) in [6.07, 6.45) is 7.30. The van der Waals surface area contributed by atoms with Crippen LogP contribution in [0.5, 0.6) is 0 Å². The van der Waals surface area contributed by atoms with E-state index in [2.05, 4.69) is 34.7 Å². The van der Waals surface area contributed by atoms with E-state index in [1.165, 1.54) is 37.7 Å². The normalized spacial score (nSPS) is 14.6. The number of amides is 1. The van der Waals surface area contributed by atoms with Gasteiger partial charge in [0.25, 0.3) is 5.91 Å². The molecule has 1 aromatic heterocycles. The Morgan fingerprint density at radius 1 is 1.03 bits per heavy atom. The predicted octanol–water partition coefficient (Wildman–Crippen LogP) is 4.94. The Balaban J connectivity index is 1.33. The number of hydrogen-bond acceptors (Lipinski definition) is 4. The Morgan fingerprint density at radius 3 is 2.48 bits per heavy atom. The van der Waals surface area contributed by atoms with Crippen molar-refractivity contribution in [2.24, 2.45) is 0 Å². The smallest absolute Gasteiger partial charge is 0.273 e. The van der Waals surface area contributed by atoms with Crippen molar-refractivity contribution in [2.45, 2.75) is 44.4 Å². The Morgan fingerprint density at radius 2 is 1.76 bits per heavy atom. The molecule has 1 aliphatic rings. The molecule has 150 valence electrons. The number of nitrogen functional groups attached to an aromatic ring is 1. The van der Waals surface area contributed by atoms with Gasteiger partial charge < -0.3 is 15.6 Å². The summed E-state index contributed by atoms with van der Waals surface area (Å²) in [5.74, 6) is 1.06. The van der Waals surface area contributed by atoms with Gasteiger partial charge in [-0.3, -0.25) is 4.79 Å². The highest BCUT2D eigenvalue weighted by atomic mass is 16.5. The average molecular weight is 389 g/mol. The second kappa shape index (κ2) is 8.95. The van der Waals surface area contributed by atoms with Gasteiger partial charge in [-0.1, -0.05) is 60.8 Å². The fraction of sp³-hybridized carbons (Fsp3) is 0.333. The molecule has 0 atom stereocenters. The number of rotatable bonds is 6. The quantitative estimate of drug-likeness (QED) is 0.585. The molecule has 3 N–H and O–H groups in total. The lowest BCUT2D eigenvalue weighted by atomic mass is 9.84. The van der Waals surface area contributed by atoms with Crippen molar-refractivity contribution in [2.75, 3.05) is 12.3 Å². The van der Waals surface area contributed by atoms with Crippen LogP contribution in [0.25, 0.3) is 11.3 Å². The summed E-state index contributed by atoms with van der Waals surface area (Å²) >= 11 is 0. The second-order valence-corrected chi connectivity index (χ2v) is 7.78. The number of aromatic nitrogens is 1. The summed E-state index contributed by atoms with van der Waals surface area (Å²) < 4.78 is 5.41.